The largest absolute Gasteiger partial charge is 0.490 e. The molecule has 0 unspecified atom stereocenters. The van der Waals surface area contributed by atoms with Gasteiger partial charge in [-0.05, 0) is 67.4 Å². The number of hydrogen-bond acceptors (Lipinski definition) is 5. The van der Waals surface area contributed by atoms with Crippen LogP contribution in [-0.2, 0) is 22.4 Å². The summed E-state index contributed by atoms with van der Waals surface area (Å²) in [6.45, 7) is 4.60. The van der Waals surface area contributed by atoms with Crippen molar-refractivity contribution in [3.8, 4) is 11.5 Å². The van der Waals surface area contributed by atoms with Crippen LogP contribution >= 0.6 is 0 Å². The molecule has 0 saturated heterocycles. The quantitative estimate of drug-likeness (QED) is 0.257. The van der Waals surface area contributed by atoms with E-state index in [1.165, 1.54) is 6.21 Å². The van der Waals surface area contributed by atoms with E-state index in [9.17, 15) is 22.8 Å². The lowest BCUT2D eigenvalue weighted by Gasteiger charge is -2.13. The van der Waals surface area contributed by atoms with Gasteiger partial charge in [0.05, 0.1) is 18.4 Å². The van der Waals surface area contributed by atoms with Gasteiger partial charge >= 0.3 is 18.0 Å². The van der Waals surface area contributed by atoms with Gasteiger partial charge < -0.3 is 14.8 Å². The summed E-state index contributed by atoms with van der Waals surface area (Å²) in [6.07, 6.45) is -3.18. The lowest BCUT2D eigenvalue weighted by Crippen LogP contribution is -2.32. The number of hydrogen-bond donors (Lipinski definition) is 2. The molecule has 3 aromatic rings. The number of amides is 2. The van der Waals surface area contributed by atoms with E-state index in [0.717, 1.165) is 35.4 Å². The van der Waals surface area contributed by atoms with Crippen LogP contribution in [0, 0.1) is 6.92 Å². The van der Waals surface area contributed by atoms with Crippen LogP contribution in [0.4, 0.5) is 18.9 Å². The Morgan fingerprint density at radius 2 is 1.69 bits per heavy atom. The highest BCUT2D eigenvalue weighted by Crippen LogP contribution is 2.30. The molecular formula is C26H24F3N3O4. The minimum atomic E-state index is -4.50. The molecule has 0 bridgehead atoms. The second kappa shape index (κ2) is 11.9. The number of nitrogens with one attached hydrogen (secondary N) is 2. The molecule has 0 aliphatic carbocycles. The Balaban J connectivity index is 1.57. The van der Waals surface area contributed by atoms with Crippen molar-refractivity contribution in [1.82, 2.24) is 5.43 Å². The molecule has 0 aliphatic heterocycles. The lowest BCUT2D eigenvalue weighted by atomic mass is 10.1. The molecule has 0 atom stereocenters. The summed E-state index contributed by atoms with van der Waals surface area (Å²) in [5.41, 5.74) is 3.96. The molecule has 0 radical (unpaired) electrons. The summed E-state index contributed by atoms with van der Waals surface area (Å²) in [5, 5.41) is 5.96. The van der Waals surface area contributed by atoms with Crippen LogP contribution in [0.5, 0.6) is 11.5 Å². The van der Waals surface area contributed by atoms with Gasteiger partial charge in [-0.3, -0.25) is 9.59 Å². The molecule has 0 aliphatic rings. The fourth-order valence-corrected chi connectivity index (χ4v) is 3.10. The first-order valence-corrected chi connectivity index (χ1v) is 10.9. The first kappa shape index (κ1) is 26.3. The molecule has 3 aromatic carbocycles. The predicted octanol–water partition coefficient (Wildman–Crippen LogP) is 5.08. The van der Waals surface area contributed by atoms with Crippen molar-refractivity contribution in [2.24, 2.45) is 5.10 Å². The second-order valence-corrected chi connectivity index (χ2v) is 7.65. The van der Waals surface area contributed by atoms with Crippen LogP contribution in [0.3, 0.4) is 0 Å². The van der Waals surface area contributed by atoms with Crippen molar-refractivity contribution >= 4 is 23.7 Å². The van der Waals surface area contributed by atoms with Crippen molar-refractivity contribution < 1.29 is 32.2 Å². The Kier molecular flexibility index (Phi) is 8.66. The summed E-state index contributed by atoms with van der Waals surface area (Å²) >= 11 is 0. The Morgan fingerprint density at radius 3 is 2.36 bits per heavy atom. The predicted molar refractivity (Wildman–Crippen MR) is 129 cm³/mol. The van der Waals surface area contributed by atoms with Crippen molar-refractivity contribution in [3.05, 3.63) is 89.0 Å². The molecule has 0 spiro atoms. The van der Waals surface area contributed by atoms with Crippen LogP contribution in [0.2, 0.25) is 0 Å². The van der Waals surface area contributed by atoms with E-state index < -0.39 is 23.6 Å². The number of hydrazone groups is 1. The number of benzene rings is 3. The maximum absolute atomic E-state index is 12.6. The topological polar surface area (TPSA) is 89.0 Å². The third-order valence-electron chi connectivity index (χ3n) is 4.80. The number of rotatable bonds is 8. The number of nitrogens with zero attached hydrogens (tertiary/aromatic N) is 1. The van der Waals surface area contributed by atoms with E-state index >= 15 is 0 Å². The molecule has 0 heterocycles. The molecule has 2 amide bonds. The van der Waals surface area contributed by atoms with Gasteiger partial charge in [-0.1, -0.05) is 29.8 Å². The number of carbonyl (C=O) groups excluding carboxylic acids is 2. The summed E-state index contributed by atoms with van der Waals surface area (Å²) < 4.78 is 49.4. The standard InChI is InChI=1S/C26H24F3N3O4/c1-3-35-23-14-18(7-12-22(23)36-16-19-6-4-5-17(2)13-19)15-30-32-25(34)24(33)31-21-10-8-20(9-11-21)26(27,28)29/h4-15H,3,16H2,1-2H3,(H,31,33)(H,32,34)/b30-15+. The Bertz CT molecular complexity index is 1240. The molecular weight excluding hydrogens is 475 g/mol. The molecule has 10 heteroatoms. The zero-order chi connectivity index (χ0) is 26.1. The summed E-state index contributed by atoms with van der Waals surface area (Å²) in [4.78, 5) is 23.9. The minimum absolute atomic E-state index is 0.0368. The van der Waals surface area contributed by atoms with Crippen LogP contribution in [0.15, 0.2) is 71.8 Å². The normalized spacial score (nSPS) is 11.2. The second-order valence-electron chi connectivity index (χ2n) is 7.65. The zero-order valence-electron chi connectivity index (χ0n) is 19.6. The van der Waals surface area contributed by atoms with Crippen LogP contribution in [0.1, 0.15) is 29.2 Å². The smallest absolute Gasteiger partial charge is 0.416 e. The molecule has 0 aromatic heterocycles. The van der Waals surface area contributed by atoms with E-state index in [-0.39, 0.29) is 5.69 Å². The molecule has 7 nitrogen and oxygen atoms in total. The Hall–Kier alpha value is -4.34. The number of aryl methyl sites for hydroxylation is 1. The summed E-state index contributed by atoms with van der Waals surface area (Å²) in [6, 6.07) is 16.7. The van der Waals surface area contributed by atoms with Gasteiger partial charge in [0.15, 0.2) is 11.5 Å². The molecule has 2 N–H and O–H groups in total. The fourth-order valence-electron chi connectivity index (χ4n) is 3.10. The van der Waals surface area contributed by atoms with E-state index in [1.807, 2.05) is 38.1 Å². The van der Waals surface area contributed by atoms with Gasteiger partial charge in [-0.15, -0.1) is 0 Å². The van der Waals surface area contributed by atoms with Crippen LogP contribution in [-0.4, -0.2) is 24.6 Å². The van der Waals surface area contributed by atoms with Gasteiger partial charge in [0.2, 0.25) is 0 Å². The van der Waals surface area contributed by atoms with Crippen molar-refractivity contribution in [3.63, 3.8) is 0 Å². The van der Waals surface area contributed by atoms with Crippen LogP contribution in [0.25, 0.3) is 0 Å². The highest BCUT2D eigenvalue weighted by atomic mass is 19.4. The third-order valence-corrected chi connectivity index (χ3v) is 4.80. The van der Waals surface area contributed by atoms with E-state index in [4.69, 9.17) is 9.47 Å². The van der Waals surface area contributed by atoms with E-state index in [0.29, 0.717) is 30.3 Å². The molecule has 3 rings (SSSR count). The maximum atomic E-state index is 12.6. The molecule has 0 saturated carbocycles. The maximum Gasteiger partial charge on any atom is 0.416 e. The van der Waals surface area contributed by atoms with Gasteiger partial charge in [0.1, 0.15) is 6.61 Å². The number of anilines is 1. The lowest BCUT2D eigenvalue weighted by molar-refractivity contribution is -0.137. The summed E-state index contributed by atoms with van der Waals surface area (Å²) in [7, 11) is 0. The first-order chi connectivity index (χ1) is 17.2. The average molecular weight is 499 g/mol. The number of ether oxygens (including phenoxy) is 2. The van der Waals surface area contributed by atoms with Crippen molar-refractivity contribution in [2.75, 3.05) is 11.9 Å². The van der Waals surface area contributed by atoms with Gasteiger partial charge in [0.25, 0.3) is 0 Å². The molecule has 0 fully saturated rings. The monoisotopic (exact) mass is 499 g/mol. The molecule has 36 heavy (non-hydrogen) atoms. The number of carbonyl (C=O) groups is 2. The highest BCUT2D eigenvalue weighted by molar-refractivity contribution is 6.39. The Labute approximate surface area is 205 Å². The molecule has 188 valence electrons. The van der Waals surface area contributed by atoms with Gasteiger partial charge in [0, 0.05) is 5.69 Å². The van der Waals surface area contributed by atoms with Gasteiger partial charge in [-0.25, -0.2) is 5.43 Å². The highest BCUT2D eigenvalue weighted by Gasteiger charge is 2.30. The minimum Gasteiger partial charge on any atom is -0.490 e. The van der Waals surface area contributed by atoms with Crippen molar-refractivity contribution in [2.45, 2.75) is 26.6 Å². The van der Waals surface area contributed by atoms with Crippen LogP contribution < -0.4 is 20.2 Å². The average Bonchev–Trinajstić information content (AvgIpc) is 2.83. The van der Waals surface area contributed by atoms with Gasteiger partial charge in [-0.2, -0.15) is 18.3 Å². The van der Waals surface area contributed by atoms with Crippen molar-refractivity contribution in [1.29, 1.82) is 0 Å². The van der Waals surface area contributed by atoms with E-state index in [2.05, 4.69) is 15.8 Å². The van der Waals surface area contributed by atoms with E-state index in [1.54, 1.807) is 18.2 Å². The Morgan fingerprint density at radius 1 is 0.944 bits per heavy atom. The SMILES string of the molecule is CCOc1cc(/C=N/NC(=O)C(=O)Nc2ccc(C(F)(F)F)cc2)ccc1OCc1cccc(C)c1. The number of alkyl halides is 3. The fraction of sp³-hybridized carbons (Fsp3) is 0.192. The number of halogens is 3. The third kappa shape index (κ3) is 7.59. The zero-order valence-corrected chi connectivity index (χ0v) is 19.6. The first-order valence-electron chi connectivity index (χ1n) is 10.9. The summed E-state index contributed by atoms with van der Waals surface area (Å²) in [5.74, 6) is -1.15.